The molecule has 0 bridgehead atoms. The molecule has 1 saturated heterocycles. The molecule has 1 aliphatic rings. The Kier molecular flexibility index (Phi) is 5.56. The zero-order valence-corrected chi connectivity index (χ0v) is 18.1. The molecule has 3 heterocycles. The Hall–Kier alpha value is -2.63. The van der Waals surface area contributed by atoms with Crippen LogP contribution in [0.5, 0.6) is 5.75 Å². The number of thiazole rings is 1. The monoisotopic (exact) mass is 417 g/mol. The SMILES string of the molecule is COc1ccc2[nH]cc(C3CCN(Cc4csc(Cc5ccccc5)n4)CC3)c2c1. The van der Waals surface area contributed by atoms with Crippen molar-refractivity contribution in [1.29, 1.82) is 0 Å². The molecule has 1 fully saturated rings. The van der Waals surface area contributed by atoms with Gasteiger partial charge in [-0.3, -0.25) is 4.90 Å². The molecule has 2 aromatic carbocycles. The lowest BCUT2D eigenvalue weighted by Gasteiger charge is -2.31. The van der Waals surface area contributed by atoms with Gasteiger partial charge >= 0.3 is 0 Å². The van der Waals surface area contributed by atoms with Crippen LogP contribution in [0.15, 0.2) is 60.1 Å². The summed E-state index contributed by atoms with van der Waals surface area (Å²) in [5.74, 6) is 1.53. The highest BCUT2D eigenvalue weighted by Crippen LogP contribution is 2.35. The Bertz CT molecular complexity index is 1110. The van der Waals surface area contributed by atoms with E-state index in [9.17, 15) is 0 Å². The first-order chi connectivity index (χ1) is 14.8. The third-order valence-electron chi connectivity index (χ3n) is 6.13. The second kappa shape index (κ2) is 8.62. The van der Waals surface area contributed by atoms with Crippen LogP contribution in [0.3, 0.4) is 0 Å². The molecule has 0 aliphatic carbocycles. The summed E-state index contributed by atoms with van der Waals surface area (Å²) in [6.45, 7) is 3.19. The van der Waals surface area contributed by atoms with Gasteiger partial charge in [-0.2, -0.15) is 0 Å². The van der Waals surface area contributed by atoms with Gasteiger partial charge in [0.05, 0.1) is 17.8 Å². The third kappa shape index (κ3) is 4.13. The number of nitrogens with one attached hydrogen (secondary N) is 1. The number of piperidine rings is 1. The lowest BCUT2D eigenvalue weighted by molar-refractivity contribution is 0.203. The van der Waals surface area contributed by atoms with Crippen molar-refractivity contribution in [3.05, 3.63) is 81.9 Å². The van der Waals surface area contributed by atoms with E-state index in [0.717, 1.165) is 31.8 Å². The van der Waals surface area contributed by atoms with Gasteiger partial charge < -0.3 is 9.72 Å². The summed E-state index contributed by atoms with van der Waals surface area (Å²) in [4.78, 5) is 10.9. The van der Waals surface area contributed by atoms with Crippen LogP contribution >= 0.6 is 11.3 Å². The van der Waals surface area contributed by atoms with Crippen LogP contribution in [0.2, 0.25) is 0 Å². The summed E-state index contributed by atoms with van der Waals surface area (Å²) in [5, 5.41) is 4.74. The van der Waals surface area contributed by atoms with Gasteiger partial charge in [-0.15, -0.1) is 11.3 Å². The largest absolute Gasteiger partial charge is 0.497 e. The molecule has 30 heavy (non-hydrogen) atoms. The predicted octanol–water partition coefficient (Wildman–Crippen LogP) is 5.60. The fourth-order valence-corrected chi connectivity index (χ4v) is 5.31. The fraction of sp³-hybridized carbons (Fsp3) is 0.320. The molecular formula is C25H27N3OS. The lowest BCUT2D eigenvalue weighted by atomic mass is 9.89. The number of methoxy groups -OCH3 is 1. The van der Waals surface area contributed by atoms with Gasteiger partial charge in [0, 0.05) is 35.4 Å². The van der Waals surface area contributed by atoms with Gasteiger partial charge in [0.15, 0.2) is 0 Å². The number of likely N-dealkylation sites (tertiary alicyclic amines) is 1. The number of hydrogen-bond acceptors (Lipinski definition) is 4. The van der Waals surface area contributed by atoms with Gasteiger partial charge in [0.2, 0.25) is 0 Å². The molecule has 0 amide bonds. The van der Waals surface area contributed by atoms with Crippen molar-refractivity contribution in [2.45, 2.75) is 31.7 Å². The summed E-state index contributed by atoms with van der Waals surface area (Å²) in [6.07, 6.45) is 5.49. The van der Waals surface area contributed by atoms with E-state index in [4.69, 9.17) is 9.72 Å². The molecule has 5 rings (SSSR count). The first kappa shape index (κ1) is 19.3. The minimum atomic E-state index is 0.603. The molecule has 0 unspecified atom stereocenters. The Morgan fingerprint density at radius 1 is 1.13 bits per heavy atom. The molecule has 4 aromatic rings. The smallest absolute Gasteiger partial charge is 0.119 e. The summed E-state index contributed by atoms with van der Waals surface area (Å²) < 4.78 is 5.43. The Morgan fingerprint density at radius 2 is 1.97 bits per heavy atom. The van der Waals surface area contributed by atoms with Crippen molar-refractivity contribution >= 4 is 22.2 Å². The molecule has 0 atom stereocenters. The molecule has 0 saturated carbocycles. The Morgan fingerprint density at radius 3 is 2.77 bits per heavy atom. The van der Waals surface area contributed by atoms with Crippen molar-refractivity contribution in [2.75, 3.05) is 20.2 Å². The minimum absolute atomic E-state index is 0.603. The molecule has 4 nitrogen and oxygen atoms in total. The van der Waals surface area contributed by atoms with Crippen LogP contribution in [0, 0.1) is 0 Å². The van der Waals surface area contributed by atoms with E-state index in [1.807, 2.05) is 6.07 Å². The highest BCUT2D eigenvalue weighted by atomic mass is 32.1. The Balaban J connectivity index is 1.20. The molecular weight excluding hydrogens is 390 g/mol. The molecule has 0 radical (unpaired) electrons. The summed E-state index contributed by atoms with van der Waals surface area (Å²) >= 11 is 1.78. The van der Waals surface area contributed by atoms with E-state index >= 15 is 0 Å². The topological polar surface area (TPSA) is 41.1 Å². The first-order valence-electron chi connectivity index (χ1n) is 10.6. The van der Waals surface area contributed by atoms with E-state index in [1.165, 1.54) is 45.6 Å². The number of hydrogen-bond donors (Lipinski definition) is 1. The fourth-order valence-electron chi connectivity index (χ4n) is 4.49. The van der Waals surface area contributed by atoms with Gasteiger partial charge in [0.25, 0.3) is 0 Å². The highest BCUT2D eigenvalue weighted by molar-refractivity contribution is 7.09. The first-order valence-corrected chi connectivity index (χ1v) is 11.5. The standard InChI is InChI=1S/C25H27N3OS/c1-29-21-7-8-24-22(14-21)23(15-26-24)19-9-11-28(12-10-19)16-20-17-30-25(27-20)13-18-5-3-2-4-6-18/h2-8,14-15,17,19,26H,9-13,16H2,1H3. The van der Waals surface area contributed by atoms with Crippen LogP contribution in [-0.4, -0.2) is 35.1 Å². The number of aromatic amines is 1. The quantitative estimate of drug-likeness (QED) is 0.444. The molecule has 1 N–H and O–H groups in total. The molecule has 0 spiro atoms. The van der Waals surface area contributed by atoms with Crippen LogP contribution in [-0.2, 0) is 13.0 Å². The maximum atomic E-state index is 5.43. The average Bonchev–Trinajstić information content (AvgIpc) is 3.41. The third-order valence-corrected chi connectivity index (χ3v) is 7.03. The van der Waals surface area contributed by atoms with Gasteiger partial charge in [-0.25, -0.2) is 4.98 Å². The lowest BCUT2D eigenvalue weighted by Crippen LogP contribution is -2.32. The number of H-pyrrole nitrogens is 1. The van der Waals surface area contributed by atoms with Crippen molar-refractivity contribution in [3.8, 4) is 5.75 Å². The van der Waals surface area contributed by atoms with E-state index in [1.54, 1.807) is 18.4 Å². The van der Waals surface area contributed by atoms with Gasteiger partial charge in [-0.1, -0.05) is 30.3 Å². The van der Waals surface area contributed by atoms with Crippen LogP contribution in [0.1, 0.15) is 40.6 Å². The minimum Gasteiger partial charge on any atom is -0.497 e. The van der Waals surface area contributed by atoms with Crippen molar-refractivity contribution < 1.29 is 4.74 Å². The predicted molar refractivity (Wildman–Crippen MR) is 123 cm³/mol. The summed E-state index contributed by atoms with van der Waals surface area (Å²) in [6, 6.07) is 16.9. The second-order valence-corrected chi connectivity index (χ2v) is 9.04. The van der Waals surface area contributed by atoms with Gasteiger partial charge in [-0.05, 0) is 61.2 Å². The van der Waals surface area contributed by atoms with E-state index in [0.29, 0.717) is 5.92 Å². The maximum absolute atomic E-state index is 5.43. The normalized spacial score (nSPS) is 15.6. The highest BCUT2D eigenvalue weighted by Gasteiger charge is 2.23. The molecule has 2 aromatic heterocycles. The van der Waals surface area contributed by atoms with Gasteiger partial charge in [0.1, 0.15) is 5.75 Å². The number of rotatable bonds is 6. The average molecular weight is 418 g/mol. The maximum Gasteiger partial charge on any atom is 0.119 e. The second-order valence-electron chi connectivity index (χ2n) is 8.10. The number of fused-ring (bicyclic) bond motifs is 1. The number of ether oxygens (including phenoxy) is 1. The van der Waals surface area contributed by atoms with Crippen LogP contribution < -0.4 is 4.74 Å². The Labute approximate surface area is 181 Å². The van der Waals surface area contributed by atoms with Crippen molar-refractivity contribution in [2.24, 2.45) is 0 Å². The molecule has 5 heteroatoms. The number of benzene rings is 2. The van der Waals surface area contributed by atoms with Crippen molar-refractivity contribution in [1.82, 2.24) is 14.9 Å². The zero-order valence-electron chi connectivity index (χ0n) is 17.3. The summed E-state index contributed by atoms with van der Waals surface area (Å²) in [7, 11) is 1.73. The zero-order chi connectivity index (χ0) is 20.3. The van der Waals surface area contributed by atoms with Crippen LogP contribution in [0.4, 0.5) is 0 Å². The van der Waals surface area contributed by atoms with E-state index in [2.05, 4.69) is 63.9 Å². The van der Waals surface area contributed by atoms with E-state index in [-0.39, 0.29) is 0 Å². The number of aromatic nitrogens is 2. The van der Waals surface area contributed by atoms with Crippen molar-refractivity contribution in [3.63, 3.8) is 0 Å². The van der Waals surface area contributed by atoms with E-state index < -0.39 is 0 Å². The molecule has 1 aliphatic heterocycles. The number of nitrogens with zero attached hydrogens (tertiary/aromatic N) is 2. The van der Waals surface area contributed by atoms with Crippen LogP contribution in [0.25, 0.3) is 10.9 Å². The summed E-state index contributed by atoms with van der Waals surface area (Å²) in [5.41, 5.74) is 5.17. The molecule has 154 valence electrons.